The van der Waals surface area contributed by atoms with Gasteiger partial charge in [-0.15, -0.1) is 0 Å². The van der Waals surface area contributed by atoms with E-state index in [-0.39, 0.29) is 5.82 Å². The van der Waals surface area contributed by atoms with Crippen molar-refractivity contribution in [3.8, 4) is 5.75 Å². The Hall–Kier alpha value is -1.87. The van der Waals surface area contributed by atoms with Gasteiger partial charge in [0.25, 0.3) is 0 Å². The van der Waals surface area contributed by atoms with Crippen molar-refractivity contribution in [3.05, 3.63) is 64.5 Å². The third-order valence-electron chi connectivity index (χ3n) is 3.55. The van der Waals surface area contributed by atoms with E-state index in [1.54, 1.807) is 6.07 Å². The number of aryl methyl sites for hydroxylation is 2. The summed E-state index contributed by atoms with van der Waals surface area (Å²) in [5, 5.41) is 3.20. The molecule has 0 heterocycles. The molecule has 2 aromatic carbocycles. The molecule has 21 heavy (non-hydrogen) atoms. The maximum Gasteiger partial charge on any atom is 0.124 e. The van der Waals surface area contributed by atoms with E-state index in [4.69, 9.17) is 4.74 Å². The first-order valence-electron chi connectivity index (χ1n) is 7.28. The standard InChI is InChI=1S/C18H22FNO/c1-4-20-11-16-10-17(19)7-8-18(16)21-12-15-6-5-13(2)14(3)9-15/h5-10,20H,4,11-12H2,1-3H3. The van der Waals surface area contributed by atoms with Crippen LogP contribution in [0.25, 0.3) is 0 Å². The van der Waals surface area contributed by atoms with Gasteiger partial charge in [-0.2, -0.15) is 0 Å². The maximum absolute atomic E-state index is 13.4. The van der Waals surface area contributed by atoms with Crippen molar-refractivity contribution in [2.75, 3.05) is 6.54 Å². The highest BCUT2D eigenvalue weighted by molar-refractivity contribution is 5.35. The highest BCUT2D eigenvalue weighted by Gasteiger charge is 2.06. The summed E-state index contributed by atoms with van der Waals surface area (Å²) >= 11 is 0. The number of ether oxygens (including phenoxy) is 1. The largest absolute Gasteiger partial charge is 0.489 e. The smallest absolute Gasteiger partial charge is 0.124 e. The summed E-state index contributed by atoms with van der Waals surface area (Å²) in [6, 6.07) is 10.9. The van der Waals surface area contributed by atoms with Gasteiger partial charge in [0, 0.05) is 12.1 Å². The van der Waals surface area contributed by atoms with Crippen LogP contribution >= 0.6 is 0 Å². The van der Waals surface area contributed by atoms with Gasteiger partial charge >= 0.3 is 0 Å². The van der Waals surface area contributed by atoms with Crippen molar-refractivity contribution in [3.63, 3.8) is 0 Å². The Morgan fingerprint density at radius 2 is 1.86 bits per heavy atom. The van der Waals surface area contributed by atoms with E-state index < -0.39 is 0 Å². The van der Waals surface area contributed by atoms with Crippen LogP contribution in [0.15, 0.2) is 36.4 Å². The van der Waals surface area contributed by atoms with E-state index in [0.717, 1.165) is 23.4 Å². The van der Waals surface area contributed by atoms with E-state index in [9.17, 15) is 4.39 Å². The van der Waals surface area contributed by atoms with E-state index in [1.165, 1.54) is 23.3 Å². The first-order valence-corrected chi connectivity index (χ1v) is 7.28. The van der Waals surface area contributed by atoms with Gasteiger partial charge in [0.05, 0.1) is 0 Å². The Morgan fingerprint density at radius 3 is 2.57 bits per heavy atom. The normalized spacial score (nSPS) is 10.7. The van der Waals surface area contributed by atoms with E-state index in [2.05, 4.69) is 37.4 Å². The summed E-state index contributed by atoms with van der Waals surface area (Å²) in [5.41, 5.74) is 4.49. The van der Waals surface area contributed by atoms with Gasteiger partial charge in [0.1, 0.15) is 18.2 Å². The maximum atomic E-state index is 13.4. The fraction of sp³-hybridized carbons (Fsp3) is 0.333. The van der Waals surface area contributed by atoms with Gasteiger partial charge in [0.15, 0.2) is 0 Å². The molecule has 1 N–H and O–H groups in total. The molecule has 3 heteroatoms. The number of rotatable bonds is 6. The second-order valence-electron chi connectivity index (χ2n) is 5.24. The van der Waals surface area contributed by atoms with Crippen LogP contribution in [0.3, 0.4) is 0 Å². The number of nitrogens with one attached hydrogen (secondary N) is 1. The lowest BCUT2D eigenvalue weighted by molar-refractivity contribution is 0.301. The monoisotopic (exact) mass is 287 g/mol. The number of hydrogen-bond donors (Lipinski definition) is 1. The van der Waals surface area contributed by atoms with Crippen molar-refractivity contribution < 1.29 is 9.13 Å². The minimum absolute atomic E-state index is 0.235. The SMILES string of the molecule is CCNCc1cc(F)ccc1OCc1ccc(C)c(C)c1. The van der Waals surface area contributed by atoms with Crippen LogP contribution in [0.2, 0.25) is 0 Å². The van der Waals surface area contributed by atoms with Crippen molar-refractivity contribution in [1.29, 1.82) is 0 Å². The third kappa shape index (κ3) is 4.30. The summed E-state index contributed by atoms with van der Waals surface area (Å²) in [6.07, 6.45) is 0. The van der Waals surface area contributed by atoms with Gasteiger partial charge in [-0.05, 0) is 55.3 Å². The van der Waals surface area contributed by atoms with Crippen molar-refractivity contribution in [2.45, 2.75) is 33.9 Å². The Kier molecular flexibility index (Phi) is 5.34. The fourth-order valence-electron chi connectivity index (χ4n) is 2.14. The minimum atomic E-state index is -0.235. The molecule has 2 aromatic rings. The molecule has 0 radical (unpaired) electrons. The molecule has 112 valence electrons. The second kappa shape index (κ2) is 7.23. The molecular weight excluding hydrogens is 265 g/mol. The van der Waals surface area contributed by atoms with E-state index in [1.807, 2.05) is 6.92 Å². The predicted molar refractivity (Wildman–Crippen MR) is 84.0 cm³/mol. The molecule has 0 saturated heterocycles. The van der Waals surface area contributed by atoms with Gasteiger partial charge < -0.3 is 10.1 Å². The van der Waals surface area contributed by atoms with Crippen molar-refractivity contribution >= 4 is 0 Å². The zero-order chi connectivity index (χ0) is 15.2. The first kappa shape index (κ1) is 15.5. The topological polar surface area (TPSA) is 21.3 Å². The average molecular weight is 287 g/mol. The molecule has 2 rings (SSSR count). The highest BCUT2D eigenvalue weighted by atomic mass is 19.1. The van der Waals surface area contributed by atoms with Gasteiger partial charge in [-0.25, -0.2) is 4.39 Å². The molecule has 0 aliphatic carbocycles. The van der Waals surface area contributed by atoms with Crippen molar-refractivity contribution in [2.24, 2.45) is 0 Å². The molecule has 0 spiro atoms. The molecule has 0 fully saturated rings. The Balaban J connectivity index is 2.09. The lowest BCUT2D eigenvalue weighted by Crippen LogP contribution is -2.13. The van der Waals surface area contributed by atoms with Crippen LogP contribution < -0.4 is 10.1 Å². The Labute approximate surface area is 126 Å². The van der Waals surface area contributed by atoms with Crippen LogP contribution in [0.5, 0.6) is 5.75 Å². The van der Waals surface area contributed by atoms with E-state index in [0.29, 0.717) is 13.2 Å². The van der Waals surface area contributed by atoms with Crippen LogP contribution in [-0.4, -0.2) is 6.54 Å². The van der Waals surface area contributed by atoms with Crippen LogP contribution in [-0.2, 0) is 13.2 Å². The van der Waals surface area contributed by atoms with E-state index >= 15 is 0 Å². The molecule has 0 saturated carbocycles. The molecular formula is C18H22FNO. The fourth-order valence-corrected chi connectivity index (χ4v) is 2.14. The Bertz CT molecular complexity index is 610. The molecule has 0 aliphatic heterocycles. The number of hydrogen-bond acceptors (Lipinski definition) is 2. The van der Waals surface area contributed by atoms with Crippen molar-refractivity contribution in [1.82, 2.24) is 5.32 Å². The summed E-state index contributed by atoms with van der Waals surface area (Å²) in [5.74, 6) is 0.497. The molecule has 0 unspecified atom stereocenters. The summed E-state index contributed by atoms with van der Waals surface area (Å²) < 4.78 is 19.2. The third-order valence-corrected chi connectivity index (χ3v) is 3.55. The molecule has 0 atom stereocenters. The minimum Gasteiger partial charge on any atom is -0.489 e. The second-order valence-corrected chi connectivity index (χ2v) is 5.24. The lowest BCUT2D eigenvalue weighted by atomic mass is 10.1. The predicted octanol–water partition coefficient (Wildman–Crippen LogP) is 4.13. The molecule has 0 aliphatic rings. The van der Waals surface area contributed by atoms with Gasteiger partial charge in [0.2, 0.25) is 0 Å². The van der Waals surface area contributed by atoms with Crippen LogP contribution in [0, 0.1) is 19.7 Å². The molecule has 0 aromatic heterocycles. The highest BCUT2D eigenvalue weighted by Crippen LogP contribution is 2.21. The van der Waals surface area contributed by atoms with Crippen LogP contribution in [0.1, 0.15) is 29.2 Å². The quantitative estimate of drug-likeness (QED) is 0.862. The zero-order valence-electron chi connectivity index (χ0n) is 12.9. The van der Waals surface area contributed by atoms with Gasteiger partial charge in [-0.1, -0.05) is 25.1 Å². The summed E-state index contributed by atoms with van der Waals surface area (Å²) in [4.78, 5) is 0. The Morgan fingerprint density at radius 1 is 1.05 bits per heavy atom. The number of benzene rings is 2. The lowest BCUT2D eigenvalue weighted by Gasteiger charge is -2.13. The summed E-state index contributed by atoms with van der Waals surface area (Å²) in [6.45, 7) is 8.15. The zero-order valence-corrected chi connectivity index (χ0v) is 12.9. The van der Waals surface area contributed by atoms with Gasteiger partial charge in [-0.3, -0.25) is 0 Å². The average Bonchev–Trinajstić information content (AvgIpc) is 2.47. The molecule has 0 amide bonds. The van der Waals surface area contributed by atoms with Crippen LogP contribution in [0.4, 0.5) is 4.39 Å². The summed E-state index contributed by atoms with van der Waals surface area (Å²) in [7, 11) is 0. The molecule has 0 bridgehead atoms. The number of halogens is 1. The first-order chi connectivity index (χ1) is 10.1. The molecule has 2 nitrogen and oxygen atoms in total.